The Kier molecular flexibility index (Phi) is 6.77. The minimum atomic E-state index is -1.08. The van der Waals surface area contributed by atoms with Gasteiger partial charge in [-0.1, -0.05) is 41.9 Å². The summed E-state index contributed by atoms with van der Waals surface area (Å²) in [6, 6.07) is 20.0. The lowest BCUT2D eigenvalue weighted by Crippen LogP contribution is -2.45. The Labute approximate surface area is 223 Å². The minimum Gasteiger partial charge on any atom is -0.478 e. The third-order valence-corrected chi connectivity index (χ3v) is 7.07. The summed E-state index contributed by atoms with van der Waals surface area (Å²) in [6.07, 6.45) is -0.0977. The molecule has 9 nitrogen and oxygen atoms in total. The van der Waals surface area contributed by atoms with Crippen LogP contribution < -0.4 is 10.6 Å². The van der Waals surface area contributed by atoms with E-state index >= 15 is 0 Å². The van der Waals surface area contributed by atoms with E-state index in [-0.39, 0.29) is 25.1 Å². The van der Waals surface area contributed by atoms with Gasteiger partial charge in [0.1, 0.15) is 5.92 Å². The number of nitrogens with zero attached hydrogens (tertiary/aromatic N) is 1. The Balaban J connectivity index is 1.40. The quantitative estimate of drug-likeness (QED) is 0.400. The molecule has 3 aromatic rings. The Morgan fingerprint density at radius 3 is 2.53 bits per heavy atom. The molecule has 0 saturated carbocycles. The fraction of sp³-hybridized carbons (Fsp3) is 0.214. The van der Waals surface area contributed by atoms with Crippen LogP contribution in [0.1, 0.15) is 27.9 Å². The Hall–Kier alpha value is -4.37. The number of aromatic carboxylic acids is 1. The number of halogens is 1. The predicted octanol–water partition coefficient (Wildman–Crippen LogP) is 4.53. The van der Waals surface area contributed by atoms with Crippen molar-refractivity contribution < 1.29 is 29.0 Å². The highest BCUT2D eigenvalue weighted by Crippen LogP contribution is 2.44. The van der Waals surface area contributed by atoms with Crippen LogP contribution in [-0.4, -0.2) is 47.0 Å². The van der Waals surface area contributed by atoms with Crippen molar-refractivity contribution in [2.24, 2.45) is 5.92 Å². The third-order valence-electron chi connectivity index (χ3n) is 6.84. The second-order valence-corrected chi connectivity index (χ2v) is 9.76. The van der Waals surface area contributed by atoms with Crippen LogP contribution in [0.3, 0.4) is 0 Å². The zero-order valence-corrected chi connectivity index (χ0v) is 20.9. The van der Waals surface area contributed by atoms with Gasteiger partial charge in [-0.25, -0.2) is 9.59 Å². The third kappa shape index (κ3) is 5.05. The Morgan fingerprint density at radius 2 is 1.82 bits per heavy atom. The number of hydrogen-bond acceptors (Lipinski definition) is 5. The van der Waals surface area contributed by atoms with Gasteiger partial charge in [0.2, 0.25) is 11.8 Å². The molecule has 2 aliphatic rings. The van der Waals surface area contributed by atoms with Gasteiger partial charge in [0.05, 0.1) is 17.8 Å². The van der Waals surface area contributed by atoms with E-state index in [4.69, 9.17) is 21.4 Å². The molecule has 0 bridgehead atoms. The van der Waals surface area contributed by atoms with Crippen molar-refractivity contribution in [2.45, 2.75) is 18.4 Å². The molecule has 0 unspecified atom stereocenters. The van der Waals surface area contributed by atoms with Crippen LogP contribution in [0.4, 0.5) is 16.2 Å². The zero-order valence-electron chi connectivity index (χ0n) is 20.1. The van der Waals surface area contributed by atoms with E-state index in [0.717, 1.165) is 5.56 Å². The molecule has 0 aromatic heterocycles. The number of hydrogen-bond donors (Lipinski definition) is 3. The van der Waals surface area contributed by atoms with Gasteiger partial charge in [-0.3, -0.25) is 14.9 Å². The van der Waals surface area contributed by atoms with Gasteiger partial charge in [-0.15, -0.1) is 0 Å². The zero-order chi connectivity index (χ0) is 26.9. The lowest BCUT2D eigenvalue weighted by Gasteiger charge is -2.35. The van der Waals surface area contributed by atoms with Crippen molar-refractivity contribution >= 4 is 46.9 Å². The molecule has 3 N–H and O–H groups in total. The number of carboxylic acids is 1. The first kappa shape index (κ1) is 25.3. The monoisotopic (exact) mass is 533 g/mol. The molecule has 0 radical (unpaired) electrons. The molecular formula is C28H24ClN3O6. The van der Waals surface area contributed by atoms with Crippen molar-refractivity contribution in [1.29, 1.82) is 0 Å². The van der Waals surface area contributed by atoms with Gasteiger partial charge in [-0.2, -0.15) is 0 Å². The number of anilines is 2. The maximum Gasteiger partial charge on any atom is 0.412 e. The van der Waals surface area contributed by atoms with Gasteiger partial charge < -0.3 is 20.1 Å². The number of likely N-dealkylation sites (tertiary alicyclic amines) is 1. The molecule has 3 amide bonds. The molecule has 3 aromatic carbocycles. The minimum absolute atomic E-state index is 0.0818. The first-order chi connectivity index (χ1) is 18.2. The summed E-state index contributed by atoms with van der Waals surface area (Å²) in [6.45, 7) is 0.364. The largest absolute Gasteiger partial charge is 0.478 e. The summed E-state index contributed by atoms with van der Waals surface area (Å²) in [7, 11) is 0. The molecule has 2 aliphatic heterocycles. The van der Waals surface area contributed by atoms with E-state index in [1.165, 1.54) is 24.3 Å². The lowest BCUT2D eigenvalue weighted by atomic mass is 9.90. The van der Waals surface area contributed by atoms with E-state index in [1.807, 2.05) is 30.3 Å². The highest BCUT2D eigenvalue weighted by atomic mass is 35.5. The summed E-state index contributed by atoms with van der Waals surface area (Å²) >= 11 is 6.23. The molecule has 1 spiro atoms. The molecule has 2 heterocycles. The number of nitrogens with one attached hydrogen (secondary N) is 2. The number of fused-ring (bicyclic) bond motifs is 2. The van der Waals surface area contributed by atoms with Crippen molar-refractivity contribution in [1.82, 2.24) is 4.90 Å². The number of rotatable bonds is 6. The smallest absolute Gasteiger partial charge is 0.412 e. The number of ether oxygens (including phenoxy) is 1. The topological polar surface area (TPSA) is 125 Å². The van der Waals surface area contributed by atoms with E-state index < -0.39 is 35.4 Å². The second-order valence-electron chi connectivity index (χ2n) is 9.32. The van der Waals surface area contributed by atoms with Gasteiger partial charge in [0, 0.05) is 29.2 Å². The van der Waals surface area contributed by atoms with Crippen LogP contribution >= 0.6 is 11.6 Å². The summed E-state index contributed by atoms with van der Waals surface area (Å²) < 4.78 is 5.73. The fourth-order valence-electron chi connectivity index (χ4n) is 4.93. The fourth-order valence-corrected chi connectivity index (χ4v) is 5.10. The maximum atomic E-state index is 13.8. The van der Waals surface area contributed by atoms with Crippen LogP contribution in [0.2, 0.25) is 5.02 Å². The number of carbonyl (C=O) groups is 4. The van der Waals surface area contributed by atoms with Crippen molar-refractivity contribution in [3.05, 3.63) is 94.5 Å². The maximum absolute atomic E-state index is 13.8. The van der Waals surface area contributed by atoms with E-state index in [0.29, 0.717) is 28.4 Å². The predicted molar refractivity (Wildman–Crippen MR) is 140 cm³/mol. The Morgan fingerprint density at radius 1 is 1.08 bits per heavy atom. The normalized spacial score (nSPS) is 18.8. The van der Waals surface area contributed by atoms with E-state index in [1.54, 1.807) is 23.1 Å². The van der Waals surface area contributed by atoms with E-state index in [2.05, 4.69) is 10.6 Å². The summed E-state index contributed by atoms with van der Waals surface area (Å²) in [5.41, 5.74) is 1.45. The van der Waals surface area contributed by atoms with Crippen LogP contribution in [0.5, 0.6) is 0 Å². The Bertz CT molecular complexity index is 1410. The lowest BCUT2D eigenvalue weighted by molar-refractivity contribution is -0.140. The molecule has 1 saturated heterocycles. The molecular weight excluding hydrogens is 510 g/mol. The molecule has 10 heteroatoms. The van der Waals surface area contributed by atoms with Crippen LogP contribution in [0.25, 0.3) is 0 Å². The van der Waals surface area contributed by atoms with Crippen molar-refractivity contribution in [2.75, 3.05) is 23.7 Å². The first-order valence-electron chi connectivity index (χ1n) is 12.0. The van der Waals surface area contributed by atoms with Gasteiger partial charge >= 0.3 is 12.1 Å². The number of amides is 3. The number of benzene rings is 3. The number of carboxylic acid groups (broad SMARTS) is 1. The molecule has 5 rings (SSSR count). The summed E-state index contributed by atoms with van der Waals surface area (Å²) in [5, 5.41) is 15.0. The average Bonchev–Trinajstić information content (AvgIpc) is 3.32. The SMILES string of the molecule is O=C1Nc2ccc(Cl)cc2[C@@]2(CCN(C(=O)[C@@H](Cc3ccccc3)C(=O)Nc3ccc(C(=O)O)cc3)C2)O1. The van der Waals surface area contributed by atoms with Gasteiger partial charge in [-0.05, 0) is 54.4 Å². The number of carbonyl (C=O) groups excluding carboxylic acids is 3. The van der Waals surface area contributed by atoms with Crippen LogP contribution in [0.15, 0.2) is 72.8 Å². The molecule has 0 aliphatic carbocycles. The van der Waals surface area contributed by atoms with Gasteiger partial charge in [0.15, 0.2) is 5.60 Å². The summed E-state index contributed by atoms with van der Waals surface area (Å²) in [5.74, 6) is -3.07. The highest BCUT2D eigenvalue weighted by molar-refractivity contribution is 6.30. The first-order valence-corrected chi connectivity index (χ1v) is 12.4. The summed E-state index contributed by atoms with van der Waals surface area (Å²) in [4.78, 5) is 52.2. The second kappa shape index (κ2) is 10.2. The standard InChI is InChI=1S/C28H24ClN3O6/c29-19-8-11-23-22(15-19)28(38-27(37)31-23)12-13-32(16-28)25(34)21(14-17-4-2-1-3-5-17)24(33)30-20-9-6-18(7-10-20)26(35)36/h1-11,15,21H,12-14,16H2,(H,30,33)(H,31,37)(H,35,36)/t21-,28-/m0/s1. The van der Waals surface area contributed by atoms with Crippen LogP contribution in [-0.2, 0) is 26.3 Å². The molecule has 1 fully saturated rings. The molecule has 2 atom stereocenters. The van der Waals surface area contributed by atoms with Crippen molar-refractivity contribution in [3.63, 3.8) is 0 Å². The van der Waals surface area contributed by atoms with Crippen molar-refractivity contribution in [3.8, 4) is 0 Å². The van der Waals surface area contributed by atoms with E-state index in [9.17, 15) is 19.2 Å². The van der Waals surface area contributed by atoms with Crippen LogP contribution in [0, 0.1) is 5.92 Å². The molecule has 38 heavy (non-hydrogen) atoms. The highest BCUT2D eigenvalue weighted by Gasteiger charge is 2.50. The molecule has 194 valence electrons. The average molecular weight is 534 g/mol. The van der Waals surface area contributed by atoms with Gasteiger partial charge in [0.25, 0.3) is 0 Å².